The molecule has 0 atom stereocenters. The molecule has 0 unspecified atom stereocenters. The maximum atomic E-state index is 10.7. The summed E-state index contributed by atoms with van der Waals surface area (Å²) in [4.78, 5) is 10.7. The molecule has 0 aromatic heterocycles. The summed E-state index contributed by atoms with van der Waals surface area (Å²) in [6, 6.07) is 8.81. The zero-order chi connectivity index (χ0) is 8.27. The molecule has 2 N–H and O–H groups in total. The Bertz CT molecular complexity index is 250. The molecule has 57 valence electrons. The van der Waals surface area contributed by atoms with Crippen LogP contribution in [0.3, 0.4) is 0 Å². The zero-order valence-corrected chi connectivity index (χ0v) is 7.73. The predicted octanol–water partition coefficient (Wildman–Crippen LogP) is 1.03. The predicted molar refractivity (Wildman–Crippen MR) is 38.5 cm³/mol. The number of hydrogen-bond acceptors (Lipinski definition) is 1. The summed E-state index contributed by atoms with van der Waals surface area (Å²) < 4.78 is 1.40. The number of urea groups is 1. The Labute approximate surface area is 76.4 Å². The van der Waals surface area contributed by atoms with Crippen molar-refractivity contribution in [1.82, 2.24) is 0 Å². The molecule has 0 fully saturated rings. The topological polar surface area (TPSA) is 46.3 Å². The summed E-state index contributed by atoms with van der Waals surface area (Å²) in [5.74, 6) is 0. The van der Waals surface area contributed by atoms with Gasteiger partial charge in [0.1, 0.15) is 0 Å². The van der Waals surface area contributed by atoms with E-state index in [1.54, 1.807) is 20.1 Å². The van der Waals surface area contributed by atoms with Gasteiger partial charge in [-0.2, -0.15) is 0 Å². The Balaban J connectivity index is 2.85. The fourth-order valence-corrected chi connectivity index (χ4v) is 0.990. The molecular weight excluding hydrogens is 224 g/mol. The SMILES string of the molecule is NC(=O)[N]([Mo])c1ccccc1. The van der Waals surface area contributed by atoms with Gasteiger partial charge in [0.15, 0.2) is 0 Å². The van der Waals surface area contributed by atoms with E-state index < -0.39 is 6.03 Å². The summed E-state index contributed by atoms with van der Waals surface area (Å²) in [6.45, 7) is 0. The summed E-state index contributed by atoms with van der Waals surface area (Å²) in [7, 11) is 0. The zero-order valence-electron chi connectivity index (χ0n) is 5.73. The second-order valence-corrected chi connectivity index (χ2v) is 2.87. The first-order chi connectivity index (χ1) is 5.22. The van der Waals surface area contributed by atoms with Crippen molar-refractivity contribution < 1.29 is 24.9 Å². The van der Waals surface area contributed by atoms with Crippen molar-refractivity contribution >= 4 is 11.7 Å². The molecule has 3 nitrogen and oxygen atoms in total. The van der Waals surface area contributed by atoms with Gasteiger partial charge in [0.05, 0.1) is 0 Å². The number of carbonyl (C=O) groups is 1. The molecule has 1 rings (SSSR count). The van der Waals surface area contributed by atoms with Gasteiger partial charge in [-0.05, 0) is 0 Å². The molecule has 0 aliphatic carbocycles. The number of anilines is 1. The van der Waals surface area contributed by atoms with Crippen LogP contribution in [0.25, 0.3) is 0 Å². The van der Waals surface area contributed by atoms with Crippen molar-refractivity contribution in [3.05, 3.63) is 30.3 Å². The minimum atomic E-state index is -0.444. The van der Waals surface area contributed by atoms with Crippen molar-refractivity contribution in [3.8, 4) is 0 Å². The summed E-state index contributed by atoms with van der Waals surface area (Å²) in [5.41, 5.74) is 5.87. The van der Waals surface area contributed by atoms with E-state index >= 15 is 0 Å². The number of amides is 2. The van der Waals surface area contributed by atoms with Crippen LogP contribution < -0.4 is 9.19 Å². The molecule has 1 aromatic carbocycles. The van der Waals surface area contributed by atoms with E-state index in [1.165, 1.54) is 3.46 Å². The minimum absolute atomic E-state index is 0.444. The van der Waals surface area contributed by atoms with Crippen LogP contribution in [0, 0.1) is 0 Å². The number of primary amides is 1. The number of carbonyl (C=O) groups excluding carboxylic acids is 1. The average Bonchev–Trinajstić information content (AvgIpc) is 2.05. The molecule has 0 aliphatic heterocycles. The van der Waals surface area contributed by atoms with Crippen molar-refractivity contribution in [2.24, 2.45) is 5.73 Å². The van der Waals surface area contributed by atoms with Gasteiger partial charge < -0.3 is 0 Å². The van der Waals surface area contributed by atoms with E-state index in [1.807, 2.05) is 30.3 Å². The van der Waals surface area contributed by atoms with Gasteiger partial charge >= 0.3 is 76.1 Å². The van der Waals surface area contributed by atoms with Gasteiger partial charge in [-0.1, -0.05) is 0 Å². The maximum absolute atomic E-state index is 10.7. The molecule has 2 amide bonds. The molecule has 0 saturated carbocycles. The fourth-order valence-electron chi connectivity index (χ4n) is 0.691. The van der Waals surface area contributed by atoms with Gasteiger partial charge in [0, 0.05) is 0 Å². The third kappa shape index (κ3) is 2.05. The van der Waals surface area contributed by atoms with Crippen molar-refractivity contribution in [3.63, 3.8) is 0 Å². The summed E-state index contributed by atoms with van der Waals surface area (Å²) in [5, 5.41) is 0. The Morgan fingerprint density at radius 2 is 1.91 bits per heavy atom. The second kappa shape index (κ2) is 3.53. The Hall–Kier alpha value is -0.822. The van der Waals surface area contributed by atoms with Gasteiger partial charge in [-0.25, -0.2) is 0 Å². The fraction of sp³-hybridized carbons (Fsp3) is 0. The molecule has 0 spiro atoms. The Kier molecular flexibility index (Phi) is 2.66. The molecule has 11 heavy (non-hydrogen) atoms. The van der Waals surface area contributed by atoms with E-state index in [2.05, 4.69) is 0 Å². The quantitative estimate of drug-likeness (QED) is 0.721. The first-order valence-corrected chi connectivity index (χ1v) is 3.93. The van der Waals surface area contributed by atoms with Crippen LogP contribution in [-0.4, -0.2) is 6.03 Å². The van der Waals surface area contributed by atoms with Crippen molar-refractivity contribution in [2.75, 3.05) is 3.46 Å². The second-order valence-electron chi connectivity index (χ2n) is 1.97. The molecule has 4 heteroatoms. The Morgan fingerprint density at radius 1 is 1.36 bits per heavy atom. The van der Waals surface area contributed by atoms with Crippen molar-refractivity contribution in [1.29, 1.82) is 0 Å². The molecule has 0 heterocycles. The van der Waals surface area contributed by atoms with Crippen LogP contribution in [0.2, 0.25) is 0 Å². The first-order valence-electron chi connectivity index (χ1n) is 3.03. The Morgan fingerprint density at radius 3 is 2.36 bits per heavy atom. The van der Waals surface area contributed by atoms with E-state index in [4.69, 9.17) is 5.73 Å². The summed E-state index contributed by atoms with van der Waals surface area (Å²) in [6.07, 6.45) is 0. The third-order valence-electron chi connectivity index (χ3n) is 1.19. The number of nitrogens with zero attached hydrogens (tertiary/aromatic N) is 1. The van der Waals surface area contributed by atoms with E-state index in [0.29, 0.717) is 0 Å². The van der Waals surface area contributed by atoms with Gasteiger partial charge in [0.25, 0.3) is 0 Å². The third-order valence-corrected chi connectivity index (χ3v) is 2.15. The number of para-hydroxylation sites is 1. The number of benzene rings is 1. The van der Waals surface area contributed by atoms with Gasteiger partial charge in [-0.15, -0.1) is 0 Å². The van der Waals surface area contributed by atoms with Crippen LogP contribution >= 0.6 is 0 Å². The van der Waals surface area contributed by atoms with E-state index in [-0.39, 0.29) is 0 Å². The van der Waals surface area contributed by atoms with Gasteiger partial charge in [0.2, 0.25) is 0 Å². The molecule has 0 bridgehead atoms. The molecule has 0 radical (unpaired) electrons. The molecular formula is C7H7MoN2O. The number of rotatable bonds is 1. The first kappa shape index (κ1) is 8.28. The standard InChI is InChI=1S/C7H8N2O.Mo/c8-7(10)9-6-4-2-1-3-5-6;/h1-5H,(H3,8,9,10);/q;+1/p-1. The molecule has 0 aliphatic rings. The monoisotopic (exact) mass is 233 g/mol. The number of hydrogen-bond donors (Lipinski definition) is 1. The van der Waals surface area contributed by atoms with Crippen LogP contribution in [-0.2, 0) is 20.1 Å². The normalized spacial score (nSPS) is 9.09. The van der Waals surface area contributed by atoms with Crippen molar-refractivity contribution in [2.45, 2.75) is 0 Å². The summed E-state index contributed by atoms with van der Waals surface area (Å²) >= 11 is 1.56. The van der Waals surface area contributed by atoms with Crippen LogP contribution in [0.5, 0.6) is 0 Å². The molecule has 1 aromatic rings. The van der Waals surface area contributed by atoms with E-state index in [9.17, 15) is 4.79 Å². The van der Waals surface area contributed by atoms with Crippen LogP contribution in [0.1, 0.15) is 0 Å². The van der Waals surface area contributed by atoms with Crippen LogP contribution in [0.15, 0.2) is 30.3 Å². The van der Waals surface area contributed by atoms with E-state index in [0.717, 1.165) is 5.69 Å². The van der Waals surface area contributed by atoms with Gasteiger partial charge in [-0.3, -0.25) is 0 Å². The average molecular weight is 231 g/mol. The molecule has 0 saturated heterocycles. The number of nitrogens with two attached hydrogens (primary N) is 1. The van der Waals surface area contributed by atoms with Crippen LogP contribution in [0.4, 0.5) is 10.5 Å².